The molecule has 0 saturated heterocycles. The summed E-state index contributed by atoms with van der Waals surface area (Å²) >= 11 is 0. The summed E-state index contributed by atoms with van der Waals surface area (Å²) in [4.78, 5) is 25.6. The Labute approximate surface area is 140 Å². The number of anilines is 1. The largest absolute Gasteiger partial charge is 0.321 e. The second kappa shape index (κ2) is 6.32. The van der Waals surface area contributed by atoms with Crippen molar-refractivity contribution in [1.29, 1.82) is 0 Å². The van der Waals surface area contributed by atoms with Gasteiger partial charge in [0.15, 0.2) is 0 Å². The van der Waals surface area contributed by atoms with Crippen molar-refractivity contribution in [3.8, 4) is 0 Å². The lowest BCUT2D eigenvalue weighted by Crippen LogP contribution is -2.30. The molecule has 122 valence electrons. The molecular weight excluding hydrogens is 300 g/mol. The van der Waals surface area contributed by atoms with Gasteiger partial charge in [-0.15, -0.1) is 0 Å². The highest BCUT2D eigenvalue weighted by atomic mass is 16.2. The summed E-state index contributed by atoms with van der Waals surface area (Å²) < 4.78 is 1.56. The molecule has 0 aliphatic heterocycles. The molecule has 3 aromatic rings. The van der Waals surface area contributed by atoms with E-state index >= 15 is 0 Å². The first-order valence-electron chi connectivity index (χ1n) is 7.99. The van der Waals surface area contributed by atoms with Crippen LogP contribution < -0.4 is 10.9 Å². The number of rotatable bonds is 3. The van der Waals surface area contributed by atoms with Gasteiger partial charge in [0.05, 0.1) is 0 Å². The molecule has 0 spiro atoms. The van der Waals surface area contributed by atoms with Crippen LogP contribution in [0.4, 0.5) is 5.69 Å². The lowest BCUT2D eigenvalue weighted by Gasteiger charge is -2.17. The summed E-state index contributed by atoms with van der Waals surface area (Å²) in [5, 5.41) is 4.28. The Morgan fingerprint density at radius 3 is 2.42 bits per heavy atom. The molecule has 4 heteroatoms. The highest BCUT2D eigenvalue weighted by Crippen LogP contribution is 2.18. The fourth-order valence-corrected chi connectivity index (χ4v) is 2.84. The molecule has 3 rings (SSSR count). The van der Waals surface area contributed by atoms with Gasteiger partial charge >= 0.3 is 0 Å². The van der Waals surface area contributed by atoms with E-state index in [1.165, 1.54) is 0 Å². The fourth-order valence-electron chi connectivity index (χ4n) is 2.84. The number of nitrogens with one attached hydrogen (secondary N) is 1. The van der Waals surface area contributed by atoms with Gasteiger partial charge in [-0.3, -0.25) is 9.59 Å². The molecule has 0 fully saturated rings. The molecule has 0 aliphatic rings. The smallest absolute Gasteiger partial charge is 0.272 e. The Morgan fingerprint density at radius 2 is 1.75 bits per heavy atom. The molecule has 24 heavy (non-hydrogen) atoms. The molecule has 4 nitrogen and oxygen atoms in total. The summed E-state index contributed by atoms with van der Waals surface area (Å²) in [5.41, 5.74) is 1.96. The van der Waals surface area contributed by atoms with Gasteiger partial charge in [-0.1, -0.05) is 35.9 Å². The third-order valence-corrected chi connectivity index (χ3v) is 3.99. The van der Waals surface area contributed by atoms with Crippen molar-refractivity contribution in [3.05, 3.63) is 76.2 Å². The summed E-state index contributed by atoms with van der Waals surface area (Å²) in [6, 6.07) is 16.6. The van der Waals surface area contributed by atoms with E-state index in [-0.39, 0.29) is 17.5 Å². The van der Waals surface area contributed by atoms with Crippen molar-refractivity contribution in [2.75, 3.05) is 5.32 Å². The fraction of sp³-hybridized carbons (Fsp3) is 0.200. The molecule has 0 radical (unpaired) electrons. The van der Waals surface area contributed by atoms with E-state index in [0.717, 1.165) is 10.9 Å². The minimum atomic E-state index is -0.283. The third-order valence-electron chi connectivity index (χ3n) is 3.99. The molecule has 0 unspecified atom stereocenters. The normalized spacial score (nSPS) is 11.0. The van der Waals surface area contributed by atoms with Gasteiger partial charge in [-0.05, 0) is 50.4 Å². The van der Waals surface area contributed by atoms with E-state index in [1.807, 2.05) is 69.3 Å². The predicted molar refractivity (Wildman–Crippen MR) is 97.7 cm³/mol. The van der Waals surface area contributed by atoms with E-state index in [1.54, 1.807) is 10.6 Å². The number of aryl methyl sites for hydroxylation is 1. The average Bonchev–Trinajstić information content (AvgIpc) is 2.55. The van der Waals surface area contributed by atoms with Crippen LogP contribution in [0.15, 0.2) is 59.4 Å². The topological polar surface area (TPSA) is 51.1 Å². The van der Waals surface area contributed by atoms with Crippen molar-refractivity contribution >= 4 is 22.4 Å². The van der Waals surface area contributed by atoms with Crippen molar-refractivity contribution in [2.45, 2.75) is 26.8 Å². The Kier molecular flexibility index (Phi) is 4.21. The Morgan fingerprint density at radius 1 is 1.04 bits per heavy atom. The van der Waals surface area contributed by atoms with Crippen LogP contribution in [0.25, 0.3) is 10.8 Å². The number of aromatic nitrogens is 1. The molecule has 0 aliphatic carbocycles. The molecular formula is C20H20N2O2. The maximum atomic E-state index is 12.9. The van der Waals surface area contributed by atoms with Gasteiger partial charge in [0.2, 0.25) is 0 Å². The van der Waals surface area contributed by atoms with E-state index in [4.69, 9.17) is 0 Å². The summed E-state index contributed by atoms with van der Waals surface area (Å²) in [6.07, 6.45) is 0. The minimum absolute atomic E-state index is 0.112. The monoisotopic (exact) mass is 320 g/mol. The van der Waals surface area contributed by atoms with Crippen LogP contribution in [0.1, 0.15) is 35.9 Å². The number of carbonyl (C=O) groups is 1. The highest BCUT2D eigenvalue weighted by Gasteiger charge is 2.17. The van der Waals surface area contributed by atoms with E-state index in [0.29, 0.717) is 16.8 Å². The SMILES string of the molecule is Cc1ccc2cc(C(=O)Nc3ccccc3)n(C(C)C)c(=O)c2c1. The quantitative estimate of drug-likeness (QED) is 0.788. The van der Waals surface area contributed by atoms with E-state index in [2.05, 4.69) is 5.32 Å². The molecule has 1 N–H and O–H groups in total. The van der Waals surface area contributed by atoms with E-state index < -0.39 is 0 Å². The summed E-state index contributed by atoms with van der Waals surface area (Å²) in [6.45, 7) is 5.76. The predicted octanol–water partition coefficient (Wildman–Crippen LogP) is 4.14. The van der Waals surface area contributed by atoms with Gasteiger partial charge in [-0.2, -0.15) is 0 Å². The molecule has 0 atom stereocenters. The molecule has 1 heterocycles. The number of hydrogen-bond acceptors (Lipinski definition) is 2. The van der Waals surface area contributed by atoms with Gasteiger partial charge in [0.25, 0.3) is 11.5 Å². The zero-order valence-corrected chi connectivity index (χ0v) is 14.0. The number of amides is 1. The Balaban J connectivity index is 2.16. The van der Waals surface area contributed by atoms with Crippen LogP contribution in [0.2, 0.25) is 0 Å². The highest BCUT2D eigenvalue weighted by molar-refractivity contribution is 6.05. The second-order valence-corrected chi connectivity index (χ2v) is 6.21. The molecule has 0 bridgehead atoms. The Hall–Kier alpha value is -2.88. The zero-order valence-electron chi connectivity index (χ0n) is 14.0. The first kappa shape index (κ1) is 16.0. The lowest BCUT2D eigenvalue weighted by atomic mass is 10.1. The molecule has 1 amide bonds. The standard InChI is InChI=1S/C20H20N2O2/c1-13(2)22-18(19(23)21-16-7-5-4-6-8-16)12-15-10-9-14(3)11-17(15)20(22)24/h4-13H,1-3H3,(H,21,23). The molecule has 2 aromatic carbocycles. The number of para-hydroxylation sites is 1. The third kappa shape index (κ3) is 2.95. The van der Waals surface area contributed by atoms with E-state index in [9.17, 15) is 9.59 Å². The lowest BCUT2D eigenvalue weighted by molar-refractivity contribution is 0.101. The minimum Gasteiger partial charge on any atom is -0.321 e. The maximum absolute atomic E-state index is 12.9. The van der Waals surface area contributed by atoms with Gasteiger partial charge in [-0.25, -0.2) is 0 Å². The number of nitrogens with zero attached hydrogens (tertiary/aromatic N) is 1. The van der Waals surface area contributed by atoms with Crippen molar-refractivity contribution in [1.82, 2.24) is 4.57 Å². The number of hydrogen-bond donors (Lipinski definition) is 1. The van der Waals surface area contributed by atoms with Crippen molar-refractivity contribution in [3.63, 3.8) is 0 Å². The first-order valence-corrected chi connectivity index (χ1v) is 7.99. The zero-order chi connectivity index (χ0) is 17.3. The number of pyridine rings is 1. The Bertz CT molecular complexity index is 957. The molecule has 1 aromatic heterocycles. The van der Waals surface area contributed by atoms with Gasteiger partial charge in [0, 0.05) is 17.1 Å². The van der Waals surface area contributed by atoms with Crippen LogP contribution in [0.3, 0.4) is 0 Å². The van der Waals surface area contributed by atoms with Crippen molar-refractivity contribution < 1.29 is 4.79 Å². The molecule has 0 saturated carbocycles. The average molecular weight is 320 g/mol. The number of benzene rings is 2. The summed E-state index contributed by atoms with van der Waals surface area (Å²) in [7, 11) is 0. The van der Waals surface area contributed by atoms with Crippen molar-refractivity contribution in [2.24, 2.45) is 0 Å². The maximum Gasteiger partial charge on any atom is 0.272 e. The number of fused-ring (bicyclic) bond motifs is 1. The van der Waals surface area contributed by atoms with Crippen LogP contribution in [0.5, 0.6) is 0 Å². The number of carbonyl (C=O) groups excluding carboxylic acids is 1. The second-order valence-electron chi connectivity index (χ2n) is 6.21. The van der Waals surface area contributed by atoms with Gasteiger partial charge < -0.3 is 9.88 Å². The van der Waals surface area contributed by atoms with Crippen LogP contribution in [0, 0.1) is 6.92 Å². The van der Waals surface area contributed by atoms with Crippen LogP contribution in [-0.2, 0) is 0 Å². The van der Waals surface area contributed by atoms with Gasteiger partial charge in [0.1, 0.15) is 5.69 Å². The summed E-state index contributed by atoms with van der Waals surface area (Å²) in [5.74, 6) is -0.283. The first-order chi connectivity index (χ1) is 11.5. The van der Waals surface area contributed by atoms with Crippen LogP contribution >= 0.6 is 0 Å². The van der Waals surface area contributed by atoms with Crippen LogP contribution in [-0.4, -0.2) is 10.5 Å².